The van der Waals surface area contributed by atoms with Crippen LogP contribution in [0.3, 0.4) is 0 Å². The van der Waals surface area contributed by atoms with Crippen LogP contribution in [0.25, 0.3) is 10.8 Å². The van der Waals surface area contributed by atoms with Crippen LogP contribution in [0.4, 0.5) is 0 Å². The molecule has 2 aromatic rings. The molecule has 0 saturated carbocycles. The molecule has 22 heavy (non-hydrogen) atoms. The van der Waals surface area contributed by atoms with Crippen LogP contribution in [0, 0.1) is 19.3 Å². The van der Waals surface area contributed by atoms with E-state index in [1.165, 1.54) is 11.3 Å². The van der Waals surface area contributed by atoms with Crippen molar-refractivity contribution >= 4 is 17.2 Å². The molecule has 2 N–H and O–H groups in total. The first-order chi connectivity index (χ1) is 10.3. The number of furan rings is 1. The summed E-state index contributed by atoms with van der Waals surface area (Å²) >= 11 is 1.33. The Kier molecular flexibility index (Phi) is 5.03. The van der Waals surface area contributed by atoms with Crippen molar-refractivity contribution in [1.82, 2.24) is 10.3 Å². The van der Waals surface area contributed by atoms with Crippen LogP contribution in [0.15, 0.2) is 16.5 Å². The van der Waals surface area contributed by atoms with E-state index in [9.17, 15) is 4.79 Å². The monoisotopic (exact) mass is 322 g/mol. The van der Waals surface area contributed by atoms with Crippen LogP contribution in [-0.4, -0.2) is 29.1 Å². The molecule has 0 fully saturated rings. The van der Waals surface area contributed by atoms with Gasteiger partial charge in [0, 0.05) is 13.2 Å². The first kappa shape index (κ1) is 16.7. The van der Waals surface area contributed by atoms with Gasteiger partial charge in [-0.15, -0.1) is 11.3 Å². The summed E-state index contributed by atoms with van der Waals surface area (Å²) in [5.74, 6) is 1.38. The van der Waals surface area contributed by atoms with Gasteiger partial charge in [0.05, 0.1) is 5.69 Å². The maximum atomic E-state index is 12.3. The molecule has 0 saturated heterocycles. The van der Waals surface area contributed by atoms with E-state index < -0.39 is 0 Å². The summed E-state index contributed by atoms with van der Waals surface area (Å²) in [5, 5.41) is 12.7. The van der Waals surface area contributed by atoms with E-state index in [-0.39, 0.29) is 17.9 Å². The van der Waals surface area contributed by atoms with Gasteiger partial charge in [-0.05, 0) is 37.8 Å². The van der Waals surface area contributed by atoms with Crippen LogP contribution >= 0.6 is 11.3 Å². The number of nitrogens with one attached hydrogen (secondary N) is 1. The molecule has 1 amide bonds. The van der Waals surface area contributed by atoms with E-state index in [4.69, 9.17) is 9.52 Å². The lowest BCUT2D eigenvalue weighted by atomic mass is 9.90. The first-order valence-corrected chi connectivity index (χ1v) is 8.07. The highest BCUT2D eigenvalue weighted by Crippen LogP contribution is 2.29. The van der Waals surface area contributed by atoms with Gasteiger partial charge >= 0.3 is 0 Å². The van der Waals surface area contributed by atoms with Crippen molar-refractivity contribution in [3.63, 3.8) is 0 Å². The topological polar surface area (TPSA) is 75.4 Å². The van der Waals surface area contributed by atoms with Gasteiger partial charge in [0.2, 0.25) is 0 Å². The Labute approximate surface area is 134 Å². The van der Waals surface area contributed by atoms with Gasteiger partial charge in [0.25, 0.3) is 5.91 Å². The molecule has 0 spiro atoms. The fourth-order valence-corrected chi connectivity index (χ4v) is 3.00. The van der Waals surface area contributed by atoms with Crippen LogP contribution in [0.5, 0.6) is 0 Å². The van der Waals surface area contributed by atoms with E-state index in [1.54, 1.807) is 0 Å². The highest BCUT2D eigenvalue weighted by atomic mass is 32.1. The Hall–Kier alpha value is -1.66. The zero-order valence-corrected chi connectivity index (χ0v) is 14.2. The first-order valence-electron chi connectivity index (χ1n) is 7.26. The lowest BCUT2D eigenvalue weighted by Gasteiger charge is -2.23. The van der Waals surface area contributed by atoms with Gasteiger partial charge in [-0.25, -0.2) is 4.98 Å². The molecule has 2 heterocycles. The molecule has 0 bridgehead atoms. The Morgan fingerprint density at radius 3 is 2.73 bits per heavy atom. The van der Waals surface area contributed by atoms with Gasteiger partial charge in [-0.1, -0.05) is 13.8 Å². The predicted molar refractivity (Wildman–Crippen MR) is 87.1 cm³/mol. The lowest BCUT2D eigenvalue weighted by molar-refractivity contribution is 0.0931. The minimum Gasteiger partial charge on any atom is -0.459 e. The number of rotatable bonds is 6. The minimum absolute atomic E-state index is 0.116. The molecule has 0 radical (unpaired) electrons. The standard InChI is InChI=1S/C16H22N2O3S/c1-10-5-6-12(21-10)15-18-11(2)13(22-15)14(20)17-9-16(3,4)7-8-19/h5-6,19H,7-9H2,1-4H3,(H,17,20). The van der Waals surface area contributed by atoms with E-state index >= 15 is 0 Å². The van der Waals surface area contributed by atoms with Crippen molar-refractivity contribution in [2.24, 2.45) is 5.41 Å². The minimum atomic E-state index is -0.135. The molecule has 0 aliphatic rings. The Morgan fingerprint density at radius 2 is 2.14 bits per heavy atom. The molecule has 0 aliphatic heterocycles. The summed E-state index contributed by atoms with van der Waals surface area (Å²) in [4.78, 5) is 17.4. The maximum Gasteiger partial charge on any atom is 0.263 e. The summed E-state index contributed by atoms with van der Waals surface area (Å²) in [6, 6.07) is 3.74. The average Bonchev–Trinajstić information content (AvgIpc) is 3.02. The summed E-state index contributed by atoms with van der Waals surface area (Å²) in [7, 11) is 0. The highest BCUT2D eigenvalue weighted by molar-refractivity contribution is 7.17. The molecule has 2 aromatic heterocycles. The van der Waals surface area contributed by atoms with Crippen LogP contribution < -0.4 is 5.32 Å². The highest BCUT2D eigenvalue weighted by Gasteiger charge is 2.21. The third kappa shape index (κ3) is 3.96. The summed E-state index contributed by atoms with van der Waals surface area (Å²) < 4.78 is 5.55. The van der Waals surface area contributed by atoms with E-state index in [2.05, 4.69) is 10.3 Å². The summed E-state index contributed by atoms with van der Waals surface area (Å²) in [5.41, 5.74) is 0.566. The third-order valence-corrected chi connectivity index (χ3v) is 4.64. The van der Waals surface area contributed by atoms with Crippen LogP contribution in [0.1, 0.15) is 41.4 Å². The van der Waals surface area contributed by atoms with Crippen molar-refractivity contribution in [3.05, 3.63) is 28.5 Å². The van der Waals surface area contributed by atoms with E-state index in [1.807, 2.05) is 39.8 Å². The SMILES string of the molecule is Cc1ccc(-c2nc(C)c(C(=O)NCC(C)(C)CCO)s2)o1. The number of aliphatic hydroxyl groups is 1. The van der Waals surface area contributed by atoms with Crippen LogP contribution in [0.2, 0.25) is 0 Å². The summed E-state index contributed by atoms with van der Waals surface area (Å²) in [6.07, 6.45) is 0.645. The van der Waals surface area contributed by atoms with Crippen molar-refractivity contribution in [3.8, 4) is 10.8 Å². The number of aryl methyl sites for hydroxylation is 2. The Morgan fingerprint density at radius 1 is 1.41 bits per heavy atom. The van der Waals surface area contributed by atoms with E-state index in [0.717, 1.165) is 5.76 Å². The molecule has 6 heteroatoms. The molecule has 5 nitrogen and oxygen atoms in total. The second kappa shape index (κ2) is 6.62. The zero-order chi connectivity index (χ0) is 16.3. The number of nitrogens with zero attached hydrogens (tertiary/aromatic N) is 1. The second-order valence-electron chi connectivity index (χ2n) is 6.16. The average molecular weight is 322 g/mol. The number of aliphatic hydroxyl groups excluding tert-OH is 1. The summed E-state index contributed by atoms with van der Waals surface area (Å²) in [6.45, 7) is 8.36. The molecule has 0 atom stereocenters. The number of carbonyl (C=O) groups is 1. The molecule has 120 valence electrons. The molecule has 0 aliphatic carbocycles. The normalized spacial score (nSPS) is 11.7. The molecule has 2 rings (SSSR count). The number of amides is 1. The third-order valence-electron chi connectivity index (χ3n) is 3.47. The number of aromatic nitrogens is 1. The zero-order valence-electron chi connectivity index (χ0n) is 13.4. The Balaban J connectivity index is 2.09. The smallest absolute Gasteiger partial charge is 0.263 e. The fourth-order valence-electron chi connectivity index (χ4n) is 2.05. The van der Waals surface area contributed by atoms with Crippen molar-refractivity contribution < 1.29 is 14.3 Å². The number of thiazole rings is 1. The van der Waals surface area contributed by atoms with Gasteiger partial charge < -0.3 is 14.8 Å². The lowest BCUT2D eigenvalue weighted by Crippen LogP contribution is -2.34. The van der Waals surface area contributed by atoms with Gasteiger partial charge in [0.1, 0.15) is 10.6 Å². The number of hydrogen-bond donors (Lipinski definition) is 2. The molecule has 0 unspecified atom stereocenters. The molecular weight excluding hydrogens is 300 g/mol. The molecule has 0 aromatic carbocycles. The van der Waals surface area contributed by atoms with Crippen LogP contribution in [-0.2, 0) is 0 Å². The quantitative estimate of drug-likeness (QED) is 0.856. The Bertz CT molecular complexity index is 658. The predicted octanol–water partition coefficient (Wildman–Crippen LogP) is 3.16. The number of carbonyl (C=O) groups excluding carboxylic acids is 1. The van der Waals surface area contributed by atoms with Gasteiger partial charge in [-0.2, -0.15) is 0 Å². The van der Waals surface area contributed by atoms with Crippen molar-refractivity contribution in [2.75, 3.05) is 13.2 Å². The number of hydrogen-bond acceptors (Lipinski definition) is 5. The molecular formula is C16H22N2O3S. The largest absolute Gasteiger partial charge is 0.459 e. The van der Waals surface area contributed by atoms with Gasteiger partial charge in [0.15, 0.2) is 10.8 Å². The van der Waals surface area contributed by atoms with Crippen molar-refractivity contribution in [1.29, 1.82) is 0 Å². The van der Waals surface area contributed by atoms with E-state index in [0.29, 0.717) is 34.3 Å². The second-order valence-corrected chi connectivity index (χ2v) is 7.16. The van der Waals surface area contributed by atoms with Gasteiger partial charge in [-0.3, -0.25) is 4.79 Å². The maximum absolute atomic E-state index is 12.3. The fraction of sp³-hybridized carbons (Fsp3) is 0.500. The van der Waals surface area contributed by atoms with Crippen molar-refractivity contribution in [2.45, 2.75) is 34.1 Å².